The monoisotopic (exact) mass is 382 g/mol. The van der Waals surface area contributed by atoms with Crippen LogP contribution in [-0.2, 0) is 9.59 Å². The number of likely N-dealkylation sites (tertiary alicyclic amines) is 1. The third-order valence-electron chi connectivity index (χ3n) is 4.81. The number of rotatable bonds is 6. The fourth-order valence-electron chi connectivity index (χ4n) is 3.28. The lowest BCUT2D eigenvalue weighted by molar-refractivity contribution is -0.137. The third kappa shape index (κ3) is 5.60. The Bertz CT molecular complexity index is 751. The molecule has 0 saturated carbocycles. The predicted molar refractivity (Wildman–Crippen MR) is 111 cm³/mol. The van der Waals surface area contributed by atoms with Crippen molar-refractivity contribution < 1.29 is 9.59 Å². The molecule has 0 aromatic heterocycles. The van der Waals surface area contributed by atoms with E-state index in [9.17, 15) is 9.59 Å². The van der Waals surface area contributed by atoms with Crippen LogP contribution in [0.5, 0.6) is 0 Å². The summed E-state index contributed by atoms with van der Waals surface area (Å²) in [6, 6.07) is 19.6. The summed E-state index contributed by atoms with van der Waals surface area (Å²) < 4.78 is 0. The van der Waals surface area contributed by atoms with Crippen molar-refractivity contribution in [3.05, 3.63) is 60.7 Å². The average Bonchev–Trinajstić information content (AvgIpc) is 2.73. The Hall–Kier alpha value is -2.27. The molecule has 1 fully saturated rings. The smallest absolute Gasteiger partial charge is 0.229 e. The first-order chi connectivity index (χ1) is 13.1. The minimum atomic E-state index is -0.142. The van der Waals surface area contributed by atoms with Crippen molar-refractivity contribution in [3.63, 3.8) is 0 Å². The van der Waals surface area contributed by atoms with Crippen LogP contribution in [0.3, 0.4) is 0 Å². The van der Waals surface area contributed by atoms with Crippen molar-refractivity contribution >= 4 is 29.3 Å². The van der Waals surface area contributed by atoms with Crippen molar-refractivity contribution in [1.82, 2.24) is 4.90 Å². The van der Waals surface area contributed by atoms with Crippen molar-refractivity contribution in [3.8, 4) is 0 Å². The Labute approximate surface area is 165 Å². The number of nitrogens with zero attached hydrogens (tertiary/aromatic N) is 1. The maximum absolute atomic E-state index is 12.8. The minimum absolute atomic E-state index is 0.00464. The Morgan fingerprint density at radius 1 is 1.11 bits per heavy atom. The summed E-state index contributed by atoms with van der Waals surface area (Å²) in [6.45, 7) is 3.23. The lowest BCUT2D eigenvalue weighted by atomic mass is 9.96. The second-order valence-corrected chi connectivity index (χ2v) is 8.10. The van der Waals surface area contributed by atoms with E-state index in [0.29, 0.717) is 6.54 Å². The van der Waals surface area contributed by atoms with Crippen molar-refractivity contribution in [2.45, 2.75) is 24.7 Å². The second-order valence-electron chi connectivity index (χ2n) is 7.00. The van der Waals surface area contributed by atoms with Crippen molar-refractivity contribution in [2.75, 3.05) is 24.2 Å². The lowest BCUT2D eigenvalue weighted by Gasteiger charge is -2.33. The molecule has 27 heavy (non-hydrogen) atoms. The molecule has 0 aliphatic carbocycles. The van der Waals surface area contributed by atoms with Gasteiger partial charge >= 0.3 is 0 Å². The van der Waals surface area contributed by atoms with Crippen LogP contribution in [0.4, 0.5) is 5.69 Å². The molecule has 1 N–H and O–H groups in total. The SMILES string of the molecule is CC(CSc1ccccc1)C(=O)N1CCCC(C(=O)Nc2ccccc2)C1. The molecule has 1 aliphatic rings. The molecule has 5 heteroatoms. The predicted octanol–water partition coefficient (Wildman–Crippen LogP) is 4.29. The van der Waals surface area contributed by atoms with Gasteiger partial charge in [-0.2, -0.15) is 0 Å². The summed E-state index contributed by atoms with van der Waals surface area (Å²) in [6.07, 6.45) is 1.70. The molecule has 4 nitrogen and oxygen atoms in total. The quantitative estimate of drug-likeness (QED) is 0.758. The van der Waals surface area contributed by atoms with E-state index >= 15 is 0 Å². The Kier molecular flexibility index (Phi) is 6.93. The van der Waals surface area contributed by atoms with Crippen LogP contribution < -0.4 is 5.32 Å². The Morgan fingerprint density at radius 2 is 1.78 bits per heavy atom. The highest BCUT2D eigenvalue weighted by Crippen LogP contribution is 2.24. The highest BCUT2D eigenvalue weighted by atomic mass is 32.2. The average molecular weight is 383 g/mol. The fraction of sp³-hybridized carbons (Fsp3) is 0.364. The zero-order valence-electron chi connectivity index (χ0n) is 15.6. The number of hydrogen-bond acceptors (Lipinski definition) is 3. The van der Waals surface area contributed by atoms with Gasteiger partial charge in [-0.15, -0.1) is 11.8 Å². The van der Waals surface area contributed by atoms with Crippen LogP contribution in [-0.4, -0.2) is 35.6 Å². The first-order valence-electron chi connectivity index (χ1n) is 9.46. The largest absolute Gasteiger partial charge is 0.342 e. The molecule has 2 aromatic rings. The number of hydrogen-bond donors (Lipinski definition) is 1. The van der Waals surface area contributed by atoms with Gasteiger partial charge in [0.15, 0.2) is 0 Å². The van der Waals surface area contributed by atoms with Gasteiger partial charge in [0.2, 0.25) is 11.8 Å². The lowest BCUT2D eigenvalue weighted by Crippen LogP contribution is -2.46. The van der Waals surface area contributed by atoms with Crippen LogP contribution in [0, 0.1) is 11.8 Å². The van der Waals surface area contributed by atoms with E-state index in [1.54, 1.807) is 11.8 Å². The number of benzene rings is 2. The van der Waals surface area contributed by atoms with Gasteiger partial charge in [-0.1, -0.05) is 43.3 Å². The zero-order valence-corrected chi connectivity index (χ0v) is 16.5. The van der Waals surface area contributed by atoms with Crippen LogP contribution in [0.25, 0.3) is 0 Å². The number of piperidine rings is 1. The van der Waals surface area contributed by atoms with Gasteiger partial charge in [-0.3, -0.25) is 9.59 Å². The number of carbonyl (C=O) groups is 2. The topological polar surface area (TPSA) is 49.4 Å². The van der Waals surface area contributed by atoms with Gasteiger partial charge in [0, 0.05) is 35.3 Å². The van der Waals surface area contributed by atoms with Gasteiger partial charge < -0.3 is 10.2 Å². The molecule has 1 heterocycles. The molecule has 0 radical (unpaired) electrons. The van der Waals surface area contributed by atoms with E-state index in [1.165, 1.54) is 4.90 Å². The summed E-state index contributed by atoms with van der Waals surface area (Å²) in [5.74, 6) is 0.698. The number of carbonyl (C=O) groups excluding carboxylic acids is 2. The molecule has 1 saturated heterocycles. The first-order valence-corrected chi connectivity index (χ1v) is 10.4. The van der Waals surface area contributed by atoms with Crippen LogP contribution in [0.2, 0.25) is 0 Å². The van der Waals surface area contributed by atoms with Gasteiger partial charge in [0.1, 0.15) is 0 Å². The molecular weight excluding hydrogens is 356 g/mol. The van der Waals surface area contributed by atoms with E-state index in [1.807, 2.05) is 60.4 Å². The molecular formula is C22H26N2O2S. The zero-order chi connectivity index (χ0) is 19.1. The van der Waals surface area contributed by atoms with Gasteiger partial charge in [-0.25, -0.2) is 0 Å². The van der Waals surface area contributed by atoms with Crippen LogP contribution >= 0.6 is 11.8 Å². The third-order valence-corrected chi connectivity index (χ3v) is 6.08. The number of nitrogens with one attached hydrogen (secondary N) is 1. The molecule has 3 rings (SSSR count). The summed E-state index contributed by atoms with van der Waals surface area (Å²) in [5, 5.41) is 2.97. The minimum Gasteiger partial charge on any atom is -0.342 e. The molecule has 142 valence electrons. The number of para-hydroxylation sites is 1. The molecule has 2 aromatic carbocycles. The first kappa shape index (κ1) is 19.5. The van der Waals surface area contributed by atoms with E-state index in [4.69, 9.17) is 0 Å². The highest BCUT2D eigenvalue weighted by Gasteiger charge is 2.30. The number of amides is 2. The maximum Gasteiger partial charge on any atom is 0.229 e. The number of anilines is 1. The van der Waals surface area contributed by atoms with Gasteiger partial charge in [0.25, 0.3) is 0 Å². The van der Waals surface area contributed by atoms with Crippen molar-refractivity contribution in [1.29, 1.82) is 0 Å². The standard InChI is InChI=1S/C22H26N2O2S/c1-17(16-27-20-12-6-3-7-13-20)22(26)24-14-8-9-18(15-24)21(25)23-19-10-4-2-5-11-19/h2-7,10-13,17-18H,8-9,14-16H2,1H3,(H,23,25). The van der Waals surface area contributed by atoms with Gasteiger partial charge in [-0.05, 0) is 37.1 Å². The normalized spacial score (nSPS) is 18.0. The summed E-state index contributed by atoms with van der Waals surface area (Å²) >= 11 is 1.70. The van der Waals surface area contributed by atoms with E-state index in [-0.39, 0.29) is 23.7 Å². The molecule has 2 atom stereocenters. The van der Waals surface area contributed by atoms with Crippen molar-refractivity contribution in [2.24, 2.45) is 11.8 Å². The Balaban J connectivity index is 1.51. The Morgan fingerprint density at radius 3 is 2.48 bits per heavy atom. The maximum atomic E-state index is 12.8. The summed E-state index contributed by atoms with van der Waals surface area (Å²) in [7, 11) is 0. The molecule has 0 spiro atoms. The molecule has 2 amide bonds. The fourth-order valence-corrected chi connectivity index (χ4v) is 4.21. The van der Waals surface area contributed by atoms with Crippen LogP contribution in [0.1, 0.15) is 19.8 Å². The van der Waals surface area contributed by atoms with E-state index in [0.717, 1.165) is 30.8 Å². The number of thioether (sulfide) groups is 1. The molecule has 1 aliphatic heterocycles. The summed E-state index contributed by atoms with van der Waals surface area (Å²) in [4.78, 5) is 28.4. The molecule has 2 unspecified atom stereocenters. The molecule has 0 bridgehead atoms. The highest BCUT2D eigenvalue weighted by molar-refractivity contribution is 7.99. The second kappa shape index (κ2) is 9.60. The van der Waals surface area contributed by atoms with Crippen LogP contribution in [0.15, 0.2) is 65.6 Å². The van der Waals surface area contributed by atoms with E-state index in [2.05, 4.69) is 17.4 Å². The van der Waals surface area contributed by atoms with Gasteiger partial charge in [0.05, 0.1) is 5.92 Å². The summed E-state index contributed by atoms with van der Waals surface area (Å²) in [5.41, 5.74) is 0.804. The van der Waals surface area contributed by atoms with E-state index < -0.39 is 0 Å².